The molecule has 3 heterocycles. The number of likely N-dealkylation sites (tertiary alicyclic amines) is 1. The maximum absolute atomic E-state index is 13.2. The van der Waals surface area contributed by atoms with Gasteiger partial charge in [-0.25, -0.2) is 0 Å². The smallest absolute Gasteiger partial charge is 0.295 e. The van der Waals surface area contributed by atoms with Crippen molar-refractivity contribution in [1.82, 2.24) is 20.0 Å². The van der Waals surface area contributed by atoms with Crippen molar-refractivity contribution in [3.63, 3.8) is 0 Å². The molecule has 0 spiro atoms. The largest absolute Gasteiger partial charge is 0.424 e. The summed E-state index contributed by atoms with van der Waals surface area (Å²) in [5.74, 6) is 0.831. The van der Waals surface area contributed by atoms with Crippen LogP contribution in [0.3, 0.4) is 0 Å². The summed E-state index contributed by atoms with van der Waals surface area (Å²) in [4.78, 5) is 23.8. The third kappa shape index (κ3) is 3.41. The summed E-state index contributed by atoms with van der Waals surface area (Å²) in [7, 11) is 0. The molecule has 0 aliphatic carbocycles. The van der Waals surface area contributed by atoms with Gasteiger partial charge in [0, 0.05) is 19.1 Å². The molecule has 1 amide bonds. The van der Waals surface area contributed by atoms with Gasteiger partial charge in [-0.3, -0.25) is 4.79 Å². The van der Waals surface area contributed by atoms with Crippen LogP contribution < -0.4 is 5.32 Å². The molecule has 1 aliphatic heterocycles. The van der Waals surface area contributed by atoms with Gasteiger partial charge in [-0.1, -0.05) is 23.4 Å². The fourth-order valence-corrected chi connectivity index (χ4v) is 3.76. The zero-order chi connectivity index (χ0) is 20.7. The molecule has 30 heavy (non-hydrogen) atoms. The van der Waals surface area contributed by atoms with Gasteiger partial charge in [0.15, 0.2) is 11.4 Å². The Balaban J connectivity index is 1.31. The van der Waals surface area contributed by atoms with Crippen LogP contribution >= 0.6 is 0 Å². The highest BCUT2D eigenvalue weighted by Gasteiger charge is 2.29. The fraction of sp³-hybridized carbons (Fsp3) is 0.273. The first-order chi connectivity index (χ1) is 14.6. The molecule has 1 atom stereocenters. The molecule has 0 bridgehead atoms. The van der Waals surface area contributed by atoms with Crippen molar-refractivity contribution in [3.8, 4) is 11.5 Å². The maximum Gasteiger partial charge on any atom is 0.295 e. The standard InChI is InChI=1S/C22H21N5O3/c1-13-7-8-18-19(11-13)29-22(25-18)24-15-9-10-27(12-15)21(28)17-6-4-3-5-16(17)20-23-14(2)26-30-20/h3-8,11,15H,9-10,12H2,1-2H3,(H,24,25)/t15-/m1/s1. The van der Waals surface area contributed by atoms with Gasteiger partial charge >= 0.3 is 0 Å². The zero-order valence-corrected chi connectivity index (χ0v) is 16.8. The second-order valence-corrected chi connectivity index (χ2v) is 7.56. The van der Waals surface area contributed by atoms with Crippen molar-refractivity contribution in [2.24, 2.45) is 0 Å². The predicted octanol–water partition coefficient (Wildman–Crippen LogP) is 3.82. The molecule has 8 heteroatoms. The average molecular weight is 403 g/mol. The van der Waals surface area contributed by atoms with E-state index in [1.54, 1.807) is 13.0 Å². The number of aromatic nitrogens is 3. The van der Waals surface area contributed by atoms with Crippen LogP contribution in [0, 0.1) is 13.8 Å². The summed E-state index contributed by atoms with van der Waals surface area (Å²) in [6.45, 7) is 4.98. The molecule has 1 aliphatic rings. The Morgan fingerprint density at radius 1 is 1.17 bits per heavy atom. The minimum Gasteiger partial charge on any atom is -0.424 e. The van der Waals surface area contributed by atoms with E-state index in [1.807, 2.05) is 48.2 Å². The van der Waals surface area contributed by atoms with E-state index < -0.39 is 0 Å². The van der Waals surface area contributed by atoms with E-state index in [-0.39, 0.29) is 11.9 Å². The maximum atomic E-state index is 13.2. The highest BCUT2D eigenvalue weighted by atomic mass is 16.5. The third-order valence-corrected chi connectivity index (χ3v) is 5.26. The van der Waals surface area contributed by atoms with Gasteiger partial charge < -0.3 is 19.2 Å². The molecule has 8 nitrogen and oxygen atoms in total. The Labute approximate surface area is 172 Å². The lowest BCUT2D eigenvalue weighted by Crippen LogP contribution is -2.32. The molecule has 0 radical (unpaired) electrons. The van der Waals surface area contributed by atoms with E-state index in [1.165, 1.54) is 0 Å². The minimum absolute atomic E-state index is 0.0565. The average Bonchev–Trinajstić information content (AvgIpc) is 3.47. The van der Waals surface area contributed by atoms with Crippen molar-refractivity contribution >= 4 is 23.0 Å². The number of hydrogen-bond donors (Lipinski definition) is 1. The number of oxazole rings is 1. The van der Waals surface area contributed by atoms with Gasteiger partial charge in [-0.2, -0.15) is 9.97 Å². The number of carbonyl (C=O) groups is 1. The highest BCUT2D eigenvalue weighted by Crippen LogP contribution is 2.26. The normalized spacial score (nSPS) is 16.3. The number of carbonyl (C=O) groups excluding carboxylic acids is 1. The van der Waals surface area contributed by atoms with Crippen molar-refractivity contribution in [2.45, 2.75) is 26.3 Å². The Morgan fingerprint density at radius 2 is 2.03 bits per heavy atom. The molecule has 1 N–H and O–H groups in total. The second kappa shape index (κ2) is 7.29. The van der Waals surface area contributed by atoms with Crippen LogP contribution in [-0.2, 0) is 0 Å². The number of nitrogens with one attached hydrogen (secondary N) is 1. The Kier molecular flexibility index (Phi) is 4.46. The topological polar surface area (TPSA) is 97.3 Å². The quantitative estimate of drug-likeness (QED) is 0.553. The number of fused-ring (bicyclic) bond motifs is 1. The number of benzene rings is 2. The summed E-state index contributed by atoms with van der Waals surface area (Å²) in [5.41, 5.74) is 3.90. The first-order valence-corrected chi connectivity index (χ1v) is 9.89. The highest BCUT2D eigenvalue weighted by molar-refractivity contribution is 6.00. The van der Waals surface area contributed by atoms with Crippen molar-refractivity contribution in [2.75, 3.05) is 18.4 Å². The van der Waals surface area contributed by atoms with E-state index in [0.29, 0.717) is 41.9 Å². The van der Waals surface area contributed by atoms with Crippen molar-refractivity contribution in [3.05, 3.63) is 59.4 Å². The molecule has 5 rings (SSSR count). The van der Waals surface area contributed by atoms with E-state index in [0.717, 1.165) is 23.1 Å². The van der Waals surface area contributed by atoms with Gasteiger partial charge in [-0.05, 0) is 50.1 Å². The van der Waals surface area contributed by atoms with Crippen LogP contribution in [0.15, 0.2) is 51.4 Å². The monoisotopic (exact) mass is 403 g/mol. The van der Waals surface area contributed by atoms with E-state index >= 15 is 0 Å². The molecular formula is C22H21N5O3. The number of hydrogen-bond acceptors (Lipinski definition) is 7. The third-order valence-electron chi connectivity index (χ3n) is 5.26. The number of rotatable bonds is 4. The second-order valence-electron chi connectivity index (χ2n) is 7.56. The van der Waals surface area contributed by atoms with E-state index in [4.69, 9.17) is 8.94 Å². The molecule has 2 aromatic carbocycles. The van der Waals surface area contributed by atoms with Gasteiger partial charge in [0.1, 0.15) is 5.52 Å². The lowest BCUT2D eigenvalue weighted by molar-refractivity contribution is 0.0792. The molecule has 4 aromatic rings. The summed E-state index contributed by atoms with van der Waals surface area (Å²) in [6.07, 6.45) is 0.811. The number of nitrogens with zero attached hydrogens (tertiary/aromatic N) is 4. The molecular weight excluding hydrogens is 382 g/mol. The van der Waals surface area contributed by atoms with Gasteiger partial charge in [0.2, 0.25) is 0 Å². The van der Waals surface area contributed by atoms with E-state index in [2.05, 4.69) is 20.4 Å². The summed E-state index contributed by atoms with van der Waals surface area (Å²) >= 11 is 0. The van der Waals surface area contributed by atoms with Crippen LogP contribution in [0.4, 0.5) is 6.01 Å². The van der Waals surface area contributed by atoms with Gasteiger partial charge in [0.05, 0.1) is 11.1 Å². The SMILES string of the molecule is Cc1ccc2nc(N[C@@H]3CCN(C(=O)c4ccccc4-c4nc(C)no4)C3)oc2c1. The van der Waals surface area contributed by atoms with Crippen molar-refractivity contribution < 1.29 is 13.7 Å². The first kappa shape index (κ1) is 18.4. The van der Waals surface area contributed by atoms with Gasteiger partial charge in [0.25, 0.3) is 17.8 Å². The van der Waals surface area contributed by atoms with Gasteiger partial charge in [-0.15, -0.1) is 0 Å². The Hall–Kier alpha value is -3.68. The summed E-state index contributed by atoms with van der Waals surface area (Å²) in [6, 6.07) is 13.8. The van der Waals surface area contributed by atoms with Crippen LogP contribution in [0.1, 0.15) is 28.2 Å². The molecule has 1 fully saturated rings. The van der Waals surface area contributed by atoms with Crippen LogP contribution in [0.25, 0.3) is 22.6 Å². The van der Waals surface area contributed by atoms with Crippen LogP contribution in [-0.4, -0.2) is 45.1 Å². The minimum atomic E-state index is -0.0565. The van der Waals surface area contributed by atoms with Crippen LogP contribution in [0.2, 0.25) is 0 Å². The number of aryl methyl sites for hydroxylation is 2. The number of amides is 1. The zero-order valence-electron chi connectivity index (χ0n) is 16.8. The molecule has 2 aromatic heterocycles. The Bertz CT molecular complexity index is 1230. The predicted molar refractivity (Wildman–Crippen MR) is 111 cm³/mol. The van der Waals surface area contributed by atoms with E-state index in [9.17, 15) is 4.79 Å². The first-order valence-electron chi connectivity index (χ1n) is 9.89. The lowest BCUT2D eigenvalue weighted by Gasteiger charge is -2.18. The van der Waals surface area contributed by atoms with Crippen LogP contribution in [0.5, 0.6) is 0 Å². The van der Waals surface area contributed by atoms with Crippen molar-refractivity contribution in [1.29, 1.82) is 0 Å². The molecule has 1 saturated heterocycles. The summed E-state index contributed by atoms with van der Waals surface area (Å²) < 4.78 is 11.1. The fourth-order valence-electron chi connectivity index (χ4n) is 3.76. The molecule has 152 valence electrons. The molecule has 0 saturated carbocycles. The summed E-state index contributed by atoms with van der Waals surface area (Å²) in [5, 5.41) is 7.16. The Morgan fingerprint density at radius 3 is 2.87 bits per heavy atom. The molecule has 0 unspecified atom stereocenters. The number of anilines is 1. The lowest BCUT2D eigenvalue weighted by atomic mass is 10.1.